The number of nitrogens with zero attached hydrogens (tertiary/aromatic N) is 5. The van der Waals surface area contributed by atoms with Crippen LogP contribution in [0.3, 0.4) is 0 Å². The van der Waals surface area contributed by atoms with Gasteiger partial charge in [0.05, 0.1) is 57.5 Å². The lowest BCUT2D eigenvalue weighted by Crippen LogP contribution is -2.29. The van der Waals surface area contributed by atoms with Crippen LogP contribution in [0.15, 0.2) is 165 Å². The highest BCUT2D eigenvalue weighted by molar-refractivity contribution is 5.79. The number of alkyl halides is 1. The normalized spacial score (nSPS) is 10.8. The SMILES string of the molecule is CF.NCCOCCOc1ccc(-c2cc(=O)c3ccccc3o2)cc1.O=c1cc(-c2ccc(OCCOCCN(Cc3ncccn3)Cc3ncccn3)cc2)oc2ccccc12. The van der Waals surface area contributed by atoms with E-state index in [4.69, 9.17) is 33.5 Å². The number of hydrogen-bond acceptors (Lipinski definition) is 14. The summed E-state index contributed by atoms with van der Waals surface area (Å²) in [5.74, 6) is 3.98. The van der Waals surface area contributed by atoms with Gasteiger partial charge in [0, 0.05) is 61.1 Å². The monoisotopic (exact) mass is 868 g/mol. The maximum atomic E-state index is 12.4. The number of fused-ring (bicyclic) bond motifs is 2. The second kappa shape index (κ2) is 25.1. The molecule has 4 aromatic carbocycles. The van der Waals surface area contributed by atoms with Crippen molar-refractivity contribution in [2.75, 3.05) is 59.9 Å². The number of rotatable bonds is 19. The van der Waals surface area contributed by atoms with Crippen molar-refractivity contribution in [3.8, 4) is 34.1 Å². The molecule has 4 heterocycles. The quantitative estimate of drug-likeness (QED) is 0.0788. The fraction of sp³-hybridized carbons (Fsp3) is 0.224. The van der Waals surface area contributed by atoms with Gasteiger partial charge < -0.3 is 33.5 Å². The van der Waals surface area contributed by atoms with E-state index in [2.05, 4.69) is 24.8 Å². The Balaban J connectivity index is 0.000000225. The third kappa shape index (κ3) is 13.9. The summed E-state index contributed by atoms with van der Waals surface area (Å²) in [5, 5.41) is 1.15. The van der Waals surface area contributed by atoms with Crippen molar-refractivity contribution >= 4 is 21.9 Å². The van der Waals surface area contributed by atoms with Gasteiger partial charge in [0.25, 0.3) is 0 Å². The summed E-state index contributed by atoms with van der Waals surface area (Å²) in [6.07, 6.45) is 6.93. The number of para-hydroxylation sites is 2. The molecule has 14 nitrogen and oxygen atoms in total. The van der Waals surface area contributed by atoms with Crippen LogP contribution < -0.4 is 26.1 Å². The van der Waals surface area contributed by atoms with Crippen molar-refractivity contribution < 1.29 is 32.2 Å². The Morgan fingerprint density at radius 2 is 0.953 bits per heavy atom. The maximum Gasteiger partial charge on any atom is 0.193 e. The number of aromatic nitrogens is 4. The molecule has 0 saturated heterocycles. The average Bonchev–Trinajstić information content (AvgIpc) is 3.34. The molecule has 2 N–H and O–H groups in total. The van der Waals surface area contributed by atoms with Gasteiger partial charge in [0.2, 0.25) is 0 Å². The Labute approximate surface area is 369 Å². The van der Waals surface area contributed by atoms with Gasteiger partial charge in [0.1, 0.15) is 59.0 Å². The molecule has 0 bridgehead atoms. The molecule has 0 amide bonds. The van der Waals surface area contributed by atoms with Crippen LogP contribution in [0, 0.1) is 0 Å². The van der Waals surface area contributed by atoms with Crippen LogP contribution in [-0.2, 0) is 22.6 Å². The summed E-state index contributed by atoms with van der Waals surface area (Å²) in [6, 6.07) is 35.9. The van der Waals surface area contributed by atoms with Crippen molar-refractivity contribution in [3.05, 3.63) is 178 Å². The van der Waals surface area contributed by atoms with Crippen LogP contribution in [-0.4, -0.2) is 84.7 Å². The van der Waals surface area contributed by atoms with E-state index in [1.807, 2.05) is 72.8 Å². The Bertz CT molecular complexity index is 2680. The van der Waals surface area contributed by atoms with Crippen LogP contribution in [0.5, 0.6) is 11.5 Å². The molecule has 0 aliphatic rings. The number of ether oxygens (including phenoxy) is 4. The Morgan fingerprint density at radius 1 is 0.531 bits per heavy atom. The van der Waals surface area contributed by atoms with Crippen molar-refractivity contribution in [1.82, 2.24) is 24.8 Å². The molecule has 0 atom stereocenters. The van der Waals surface area contributed by atoms with Crippen molar-refractivity contribution in [1.29, 1.82) is 0 Å². The van der Waals surface area contributed by atoms with Gasteiger partial charge in [-0.2, -0.15) is 0 Å². The summed E-state index contributed by atoms with van der Waals surface area (Å²) in [7, 11) is 0.500. The van der Waals surface area contributed by atoms with Gasteiger partial charge in [-0.05, 0) is 84.9 Å². The predicted octanol–water partition coefficient (Wildman–Crippen LogP) is 7.54. The van der Waals surface area contributed by atoms with E-state index in [0.29, 0.717) is 112 Å². The number of halogens is 1. The molecule has 0 unspecified atom stereocenters. The summed E-state index contributed by atoms with van der Waals surface area (Å²) in [5.41, 5.74) is 8.01. The molecule has 8 rings (SSSR count). The lowest BCUT2D eigenvalue weighted by atomic mass is 10.1. The van der Waals surface area contributed by atoms with E-state index < -0.39 is 0 Å². The van der Waals surface area contributed by atoms with Crippen LogP contribution in [0.4, 0.5) is 4.39 Å². The molecular formula is C49H49FN6O8. The van der Waals surface area contributed by atoms with E-state index in [1.165, 1.54) is 12.1 Å². The third-order valence-electron chi connectivity index (χ3n) is 9.32. The lowest BCUT2D eigenvalue weighted by molar-refractivity contribution is 0.0747. The Hall–Kier alpha value is -7.17. The molecular weight excluding hydrogens is 820 g/mol. The lowest BCUT2D eigenvalue weighted by Gasteiger charge is -2.20. The summed E-state index contributed by atoms with van der Waals surface area (Å²) < 4.78 is 43.7. The average molecular weight is 869 g/mol. The largest absolute Gasteiger partial charge is 0.491 e. The molecule has 0 radical (unpaired) electrons. The zero-order valence-corrected chi connectivity index (χ0v) is 35.4. The van der Waals surface area contributed by atoms with Gasteiger partial charge in [0.15, 0.2) is 10.9 Å². The first kappa shape index (κ1) is 46.3. The van der Waals surface area contributed by atoms with Gasteiger partial charge >= 0.3 is 0 Å². The van der Waals surface area contributed by atoms with Gasteiger partial charge in [-0.1, -0.05) is 24.3 Å². The summed E-state index contributed by atoms with van der Waals surface area (Å²) >= 11 is 0. The maximum absolute atomic E-state index is 12.4. The Morgan fingerprint density at radius 3 is 1.39 bits per heavy atom. The predicted molar refractivity (Wildman–Crippen MR) is 243 cm³/mol. The molecule has 0 saturated carbocycles. The second-order valence-electron chi connectivity index (χ2n) is 13.7. The molecule has 15 heteroatoms. The van der Waals surface area contributed by atoms with Crippen molar-refractivity contribution in [2.45, 2.75) is 13.1 Å². The number of hydrogen-bond donors (Lipinski definition) is 1. The number of benzene rings is 4. The fourth-order valence-corrected chi connectivity index (χ4v) is 6.28. The highest BCUT2D eigenvalue weighted by atomic mass is 19.1. The van der Waals surface area contributed by atoms with Crippen molar-refractivity contribution in [3.63, 3.8) is 0 Å². The summed E-state index contributed by atoms with van der Waals surface area (Å²) in [6.45, 7) is 5.18. The van der Waals surface area contributed by atoms with E-state index in [9.17, 15) is 14.0 Å². The fourth-order valence-electron chi connectivity index (χ4n) is 6.28. The van der Waals surface area contributed by atoms with Gasteiger partial charge in [-0.25, -0.2) is 19.9 Å². The van der Waals surface area contributed by atoms with E-state index >= 15 is 0 Å². The highest BCUT2D eigenvalue weighted by Gasteiger charge is 2.12. The summed E-state index contributed by atoms with van der Waals surface area (Å²) in [4.78, 5) is 44.0. The smallest absolute Gasteiger partial charge is 0.193 e. The molecule has 0 fully saturated rings. The first-order chi connectivity index (χ1) is 31.5. The minimum atomic E-state index is -0.0644. The molecule has 4 aromatic heterocycles. The van der Waals surface area contributed by atoms with Crippen LogP contribution in [0.1, 0.15) is 11.6 Å². The molecule has 64 heavy (non-hydrogen) atoms. The molecule has 0 spiro atoms. The zero-order chi connectivity index (χ0) is 44.8. The first-order valence-electron chi connectivity index (χ1n) is 20.5. The molecule has 0 aliphatic heterocycles. The van der Waals surface area contributed by atoms with Crippen LogP contribution in [0.25, 0.3) is 44.6 Å². The minimum absolute atomic E-state index is 0.0516. The number of nitrogens with two attached hydrogens (primary N) is 1. The third-order valence-corrected chi connectivity index (χ3v) is 9.32. The van der Waals surface area contributed by atoms with Gasteiger partial charge in [-0.3, -0.25) is 18.9 Å². The molecule has 330 valence electrons. The van der Waals surface area contributed by atoms with E-state index in [-0.39, 0.29) is 10.9 Å². The van der Waals surface area contributed by atoms with Gasteiger partial charge in [-0.15, -0.1) is 0 Å². The first-order valence-corrected chi connectivity index (χ1v) is 20.5. The zero-order valence-electron chi connectivity index (χ0n) is 35.4. The highest BCUT2D eigenvalue weighted by Crippen LogP contribution is 2.26. The second-order valence-corrected chi connectivity index (χ2v) is 13.7. The molecule has 0 aliphatic carbocycles. The van der Waals surface area contributed by atoms with Crippen molar-refractivity contribution in [2.24, 2.45) is 5.73 Å². The van der Waals surface area contributed by atoms with E-state index in [0.717, 1.165) is 28.5 Å². The minimum Gasteiger partial charge on any atom is -0.491 e. The van der Waals surface area contributed by atoms with E-state index in [1.54, 1.807) is 61.2 Å². The molecule has 8 aromatic rings. The van der Waals surface area contributed by atoms with Crippen LogP contribution >= 0.6 is 0 Å². The van der Waals surface area contributed by atoms with Crippen LogP contribution in [0.2, 0.25) is 0 Å². The topological polar surface area (TPSA) is 178 Å². The Kier molecular flexibility index (Phi) is 18.1. The standard InChI is InChI=1S/C29H27N5O4.C19H19NO4.CH3F/c35-25-19-27(38-26-6-2-1-5-24(25)26)22-7-9-23(10-8-22)37-18-17-36-16-15-34(20-28-30-11-3-12-31-28)21-29-32-13-4-14-33-29;20-9-10-22-11-12-23-15-7-5-14(6-8-15)19-13-17(21)16-3-1-2-4-18(16)24-19;1-2/h1-14,19H,15-18,20-21H2;1-8,13H,9-12,20H2;1H3.